The van der Waals surface area contributed by atoms with Gasteiger partial charge in [-0.2, -0.15) is 0 Å². The van der Waals surface area contributed by atoms with Crippen LogP contribution in [0.15, 0.2) is 73.3 Å². The average Bonchev–Trinajstić information content (AvgIpc) is 2.58. The molecule has 0 aliphatic heterocycles. The number of rotatable bonds is 3. The maximum Gasteiger partial charge on any atom is 0.167 e. The highest BCUT2D eigenvalue weighted by Gasteiger charge is 2.19. The van der Waals surface area contributed by atoms with Crippen molar-refractivity contribution >= 4 is 6.08 Å². The molecule has 0 amide bonds. The molecule has 3 rings (SSSR count). The number of hydrogen-bond donors (Lipinski definition) is 0. The van der Waals surface area contributed by atoms with Crippen LogP contribution in [0.1, 0.15) is 5.56 Å². The molecular weight excluding hydrogens is 278 g/mol. The molecule has 0 radical (unpaired) electrons. The Hall–Kier alpha value is -2.74. The molecule has 0 unspecified atom stereocenters. The van der Waals surface area contributed by atoms with Crippen LogP contribution in [0.2, 0.25) is 0 Å². The summed E-state index contributed by atoms with van der Waals surface area (Å²) in [7, 11) is 0. The van der Waals surface area contributed by atoms with Gasteiger partial charge in [-0.15, -0.1) is 0 Å². The second-order valence-corrected chi connectivity index (χ2v) is 4.95. The molecule has 22 heavy (non-hydrogen) atoms. The Balaban J connectivity index is 2.41. The lowest BCUT2D eigenvalue weighted by Gasteiger charge is -2.15. The highest BCUT2D eigenvalue weighted by atomic mass is 19.2. The first kappa shape index (κ1) is 14.2. The SMILES string of the molecule is C=Cc1cc(F)c(F)c(-c2ccccc2)c1-c1ccccc1. The van der Waals surface area contributed by atoms with E-state index in [1.54, 1.807) is 18.2 Å². The van der Waals surface area contributed by atoms with Crippen molar-refractivity contribution in [1.82, 2.24) is 0 Å². The molecule has 0 nitrogen and oxygen atoms in total. The maximum atomic E-state index is 14.5. The highest BCUT2D eigenvalue weighted by molar-refractivity contribution is 5.89. The molecule has 0 aliphatic carbocycles. The summed E-state index contributed by atoms with van der Waals surface area (Å²) in [6.07, 6.45) is 1.55. The summed E-state index contributed by atoms with van der Waals surface area (Å²) in [6.45, 7) is 3.73. The zero-order valence-electron chi connectivity index (χ0n) is 11.9. The minimum Gasteiger partial charge on any atom is -0.204 e. The van der Waals surface area contributed by atoms with Crippen LogP contribution in [-0.4, -0.2) is 0 Å². The van der Waals surface area contributed by atoms with Crippen molar-refractivity contribution in [1.29, 1.82) is 0 Å². The lowest BCUT2D eigenvalue weighted by molar-refractivity contribution is 0.511. The van der Waals surface area contributed by atoms with Crippen LogP contribution in [-0.2, 0) is 0 Å². The molecule has 0 fully saturated rings. The van der Waals surface area contributed by atoms with E-state index in [2.05, 4.69) is 6.58 Å². The minimum absolute atomic E-state index is 0.265. The van der Waals surface area contributed by atoms with Crippen molar-refractivity contribution in [2.45, 2.75) is 0 Å². The number of halogens is 2. The zero-order valence-corrected chi connectivity index (χ0v) is 11.9. The molecule has 0 bridgehead atoms. The van der Waals surface area contributed by atoms with Crippen LogP contribution >= 0.6 is 0 Å². The van der Waals surface area contributed by atoms with Crippen LogP contribution < -0.4 is 0 Å². The Bertz CT molecular complexity index is 806. The van der Waals surface area contributed by atoms with Crippen molar-refractivity contribution in [2.24, 2.45) is 0 Å². The molecule has 0 N–H and O–H groups in total. The third-order valence-corrected chi connectivity index (χ3v) is 3.59. The van der Waals surface area contributed by atoms with Crippen LogP contribution in [0.5, 0.6) is 0 Å². The summed E-state index contributed by atoms with van der Waals surface area (Å²) < 4.78 is 28.5. The van der Waals surface area contributed by atoms with Crippen molar-refractivity contribution in [3.63, 3.8) is 0 Å². The van der Waals surface area contributed by atoms with E-state index in [1.807, 2.05) is 48.5 Å². The molecule has 3 aromatic carbocycles. The van der Waals surface area contributed by atoms with Gasteiger partial charge in [0, 0.05) is 5.56 Å². The largest absolute Gasteiger partial charge is 0.204 e. The summed E-state index contributed by atoms with van der Waals surface area (Å²) in [4.78, 5) is 0. The van der Waals surface area contributed by atoms with Crippen molar-refractivity contribution in [2.75, 3.05) is 0 Å². The Morgan fingerprint density at radius 2 is 1.23 bits per heavy atom. The molecule has 0 aliphatic rings. The van der Waals surface area contributed by atoms with E-state index < -0.39 is 11.6 Å². The fourth-order valence-corrected chi connectivity index (χ4v) is 2.60. The fraction of sp³-hybridized carbons (Fsp3) is 0. The van der Waals surface area contributed by atoms with Gasteiger partial charge in [0.2, 0.25) is 0 Å². The average molecular weight is 292 g/mol. The van der Waals surface area contributed by atoms with Gasteiger partial charge >= 0.3 is 0 Å². The second kappa shape index (κ2) is 5.94. The monoisotopic (exact) mass is 292 g/mol. The fourth-order valence-electron chi connectivity index (χ4n) is 2.60. The highest BCUT2D eigenvalue weighted by Crippen LogP contribution is 2.38. The van der Waals surface area contributed by atoms with Crippen LogP contribution in [0, 0.1) is 11.6 Å². The van der Waals surface area contributed by atoms with Gasteiger partial charge in [0.15, 0.2) is 11.6 Å². The van der Waals surface area contributed by atoms with E-state index in [0.29, 0.717) is 16.7 Å². The molecule has 0 saturated heterocycles. The topological polar surface area (TPSA) is 0 Å². The van der Waals surface area contributed by atoms with Gasteiger partial charge in [-0.05, 0) is 28.3 Å². The maximum absolute atomic E-state index is 14.5. The van der Waals surface area contributed by atoms with Gasteiger partial charge in [0.1, 0.15) is 0 Å². The van der Waals surface area contributed by atoms with Gasteiger partial charge in [-0.3, -0.25) is 0 Å². The van der Waals surface area contributed by atoms with E-state index in [-0.39, 0.29) is 5.56 Å². The molecular formula is C20H14F2. The number of benzene rings is 3. The normalized spacial score (nSPS) is 10.5. The first-order valence-electron chi connectivity index (χ1n) is 6.97. The van der Waals surface area contributed by atoms with Gasteiger partial charge in [-0.25, -0.2) is 8.78 Å². The number of hydrogen-bond acceptors (Lipinski definition) is 0. The lowest BCUT2D eigenvalue weighted by atomic mass is 9.90. The minimum atomic E-state index is -0.867. The predicted octanol–water partition coefficient (Wildman–Crippen LogP) is 5.94. The van der Waals surface area contributed by atoms with Crippen LogP contribution in [0.4, 0.5) is 8.78 Å². The summed E-state index contributed by atoms with van der Waals surface area (Å²) in [5, 5.41) is 0. The molecule has 0 spiro atoms. The van der Waals surface area contributed by atoms with Crippen molar-refractivity contribution < 1.29 is 8.78 Å². The Morgan fingerprint density at radius 1 is 0.727 bits per heavy atom. The molecule has 0 aromatic heterocycles. The molecule has 0 saturated carbocycles. The van der Waals surface area contributed by atoms with Crippen LogP contribution in [0.25, 0.3) is 28.3 Å². The third-order valence-electron chi connectivity index (χ3n) is 3.59. The van der Waals surface area contributed by atoms with E-state index in [0.717, 1.165) is 5.56 Å². The predicted molar refractivity (Wildman–Crippen MR) is 87.3 cm³/mol. The molecule has 108 valence electrons. The molecule has 0 heterocycles. The summed E-state index contributed by atoms with van der Waals surface area (Å²) in [5.41, 5.74) is 2.96. The molecule has 3 aromatic rings. The smallest absolute Gasteiger partial charge is 0.167 e. The van der Waals surface area contributed by atoms with Gasteiger partial charge < -0.3 is 0 Å². The quantitative estimate of drug-likeness (QED) is 0.560. The van der Waals surface area contributed by atoms with E-state index >= 15 is 0 Å². The zero-order chi connectivity index (χ0) is 15.5. The van der Waals surface area contributed by atoms with E-state index in [1.165, 1.54) is 6.07 Å². The summed E-state index contributed by atoms with van der Waals surface area (Å²) in [5.74, 6) is -1.70. The first-order chi connectivity index (χ1) is 10.7. The van der Waals surface area contributed by atoms with Gasteiger partial charge in [0.25, 0.3) is 0 Å². The van der Waals surface area contributed by atoms with Gasteiger partial charge in [-0.1, -0.05) is 73.3 Å². The summed E-state index contributed by atoms with van der Waals surface area (Å²) in [6, 6.07) is 19.6. The first-order valence-corrected chi connectivity index (χ1v) is 6.97. The van der Waals surface area contributed by atoms with Gasteiger partial charge in [0.05, 0.1) is 0 Å². The molecule has 2 heteroatoms. The Kier molecular flexibility index (Phi) is 3.84. The Labute approximate surface area is 128 Å². The molecule has 0 atom stereocenters. The summed E-state index contributed by atoms with van der Waals surface area (Å²) >= 11 is 0. The lowest BCUT2D eigenvalue weighted by Crippen LogP contribution is -1.97. The van der Waals surface area contributed by atoms with Crippen molar-refractivity contribution in [3.05, 3.63) is 90.5 Å². The van der Waals surface area contributed by atoms with E-state index in [4.69, 9.17) is 0 Å². The van der Waals surface area contributed by atoms with Crippen molar-refractivity contribution in [3.8, 4) is 22.3 Å². The third kappa shape index (κ3) is 2.44. The Morgan fingerprint density at radius 3 is 1.73 bits per heavy atom. The second-order valence-electron chi connectivity index (χ2n) is 4.95. The standard InChI is InChI=1S/C20H14F2/c1-2-14-13-17(21)20(22)19(16-11-7-4-8-12-16)18(14)15-9-5-3-6-10-15/h2-13H,1H2. The van der Waals surface area contributed by atoms with E-state index in [9.17, 15) is 8.78 Å². The van der Waals surface area contributed by atoms with Crippen LogP contribution in [0.3, 0.4) is 0 Å².